The molecule has 0 aliphatic carbocycles. The van der Waals surface area contributed by atoms with Crippen molar-refractivity contribution in [1.82, 2.24) is 4.57 Å². The Labute approximate surface area is 226 Å². The Morgan fingerprint density at radius 2 is 0.973 bits per heavy atom. The third kappa shape index (κ3) is 4.34. The first-order valence-corrected chi connectivity index (χ1v) is 13.4. The summed E-state index contributed by atoms with van der Waals surface area (Å²) in [4.78, 5) is 2.31. The molecule has 37 heavy (non-hydrogen) atoms. The lowest BCUT2D eigenvalue weighted by Crippen LogP contribution is -2.13. The summed E-state index contributed by atoms with van der Waals surface area (Å²) < 4.78 is 3.43. The van der Waals surface area contributed by atoms with Crippen LogP contribution in [0.25, 0.3) is 27.5 Å². The molecule has 0 bridgehead atoms. The maximum Gasteiger partial charge on any atom is 0.0541 e. The fourth-order valence-electron chi connectivity index (χ4n) is 5.10. The van der Waals surface area contributed by atoms with Gasteiger partial charge in [-0.25, -0.2) is 0 Å². The van der Waals surface area contributed by atoms with E-state index < -0.39 is 0 Å². The largest absolute Gasteiger partial charge is 0.311 e. The maximum absolute atomic E-state index is 3.59. The first-order chi connectivity index (χ1) is 17.9. The van der Waals surface area contributed by atoms with Crippen molar-refractivity contribution >= 4 is 54.8 Å². The lowest BCUT2D eigenvalue weighted by molar-refractivity contribution is 0.590. The van der Waals surface area contributed by atoms with E-state index in [1.54, 1.807) is 0 Å². The molecule has 0 fully saturated rings. The van der Waals surface area contributed by atoms with Gasteiger partial charge in [-0.15, -0.1) is 0 Å². The third-order valence-corrected chi connectivity index (χ3v) is 7.55. The van der Waals surface area contributed by atoms with E-state index in [1.807, 2.05) is 0 Å². The Hall–Kier alpha value is -3.82. The van der Waals surface area contributed by atoms with Crippen LogP contribution >= 0.6 is 15.9 Å². The number of hydrogen-bond acceptors (Lipinski definition) is 1. The van der Waals surface area contributed by atoms with Crippen molar-refractivity contribution in [1.29, 1.82) is 0 Å². The SMILES string of the molecule is CC(C)(C)c1ccc(N(c2ccc(Br)cc2)c2ccc(-n3c4ccccc4c4ccccc43)cc2)cc1. The smallest absolute Gasteiger partial charge is 0.0541 e. The van der Waals surface area contributed by atoms with Crippen LogP contribution in [0.1, 0.15) is 26.3 Å². The van der Waals surface area contributed by atoms with Crippen LogP contribution in [-0.4, -0.2) is 4.57 Å². The van der Waals surface area contributed by atoms with Gasteiger partial charge in [0.2, 0.25) is 0 Å². The second kappa shape index (κ2) is 9.24. The molecule has 6 rings (SSSR count). The molecular formula is C34H29BrN2. The molecule has 3 heteroatoms. The van der Waals surface area contributed by atoms with Crippen LogP contribution in [-0.2, 0) is 5.41 Å². The molecule has 0 aliphatic heterocycles. The van der Waals surface area contributed by atoms with Crippen LogP contribution in [0.3, 0.4) is 0 Å². The van der Waals surface area contributed by atoms with E-state index in [1.165, 1.54) is 27.4 Å². The summed E-state index contributed by atoms with van der Waals surface area (Å²) in [5, 5.41) is 2.55. The number of fused-ring (bicyclic) bond motifs is 3. The van der Waals surface area contributed by atoms with Gasteiger partial charge in [-0.3, -0.25) is 0 Å². The summed E-state index contributed by atoms with van der Waals surface area (Å²) >= 11 is 3.59. The number of anilines is 3. The summed E-state index contributed by atoms with van der Waals surface area (Å²) in [6, 6.07) is 43.6. The molecule has 0 saturated heterocycles. The zero-order chi connectivity index (χ0) is 25.6. The molecule has 2 nitrogen and oxygen atoms in total. The van der Waals surface area contributed by atoms with Crippen molar-refractivity contribution in [2.45, 2.75) is 26.2 Å². The minimum Gasteiger partial charge on any atom is -0.311 e. The molecule has 0 saturated carbocycles. The Morgan fingerprint density at radius 3 is 1.46 bits per heavy atom. The van der Waals surface area contributed by atoms with E-state index in [0.717, 1.165) is 27.2 Å². The van der Waals surface area contributed by atoms with Gasteiger partial charge in [-0.1, -0.05) is 85.2 Å². The molecule has 5 aromatic carbocycles. The molecule has 0 radical (unpaired) electrons. The van der Waals surface area contributed by atoms with Crippen molar-refractivity contribution in [2.75, 3.05) is 4.90 Å². The van der Waals surface area contributed by atoms with Gasteiger partial charge in [0.05, 0.1) is 11.0 Å². The molecule has 0 N–H and O–H groups in total. The number of aromatic nitrogens is 1. The highest BCUT2D eigenvalue weighted by Gasteiger charge is 2.17. The molecule has 0 unspecified atom stereocenters. The number of benzene rings is 5. The number of hydrogen-bond donors (Lipinski definition) is 0. The van der Waals surface area contributed by atoms with Crippen LogP contribution < -0.4 is 4.90 Å². The van der Waals surface area contributed by atoms with E-state index in [-0.39, 0.29) is 5.41 Å². The summed E-state index contributed by atoms with van der Waals surface area (Å²) in [6.45, 7) is 6.76. The fraction of sp³-hybridized carbons (Fsp3) is 0.118. The average Bonchev–Trinajstić information content (AvgIpc) is 3.25. The maximum atomic E-state index is 3.59. The van der Waals surface area contributed by atoms with Gasteiger partial charge < -0.3 is 9.47 Å². The highest BCUT2D eigenvalue weighted by atomic mass is 79.9. The number of halogens is 1. The minimum atomic E-state index is 0.116. The minimum absolute atomic E-state index is 0.116. The predicted octanol–water partition coefficient (Wildman–Crippen LogP) is 10.3. The summed E-state index contributed by atoms with van der Waals surface area (Å²) in [5.41, 5.74) is 8.42. The molecule has 1 aromatic heterocycles. The van der Waals surface area contributed by atoms with Crippen LogP contribution in [0.2, 0.25) is 0 Å². The van der Waals surface area contributed by atoms with Gasteiger partial charge in [0.15, 0.2) is 0 Å². The van der Waals surface area contributed by atoms with Gasteiger partial charge in [0, 0.05) is 38.0 Å². The van der Waals surface area contributed by atoms with Gasteiger partial charge in [-0.05, 0) is 83.8 Å². The molecule has 182 valence electrons. The molecule has 1 heterocycles. The van der Waals surface area contributed by atoms with E-state index in [0.29, 0.717) is 0 Å². The van der Waals surface area contributed by atoms with E-state index in [4.69, 9.17) is 0 Å². The zero-order valence-corrected chi connectivity index (χ0v) is 22.9. The second-order valence-electron chi connectivity index (χ2n) is 10.5. The van der Waals surface area contributed by atoms with Gasteiger partial charge in [0.25, 0.3) is 0 Å². The average molecular weight is 546 g/mol. The second-order valence-corrected chi connectivity index (χ2v) is 11.4. The Balaban J connectivity index is 1.46. The topological polar surface area (TPSA) is 8.17 Å². The van der Waals surface area contributed by atoms with Gasteiger partial charge in [-0.2, -0.15) is 0 Å². The predicted molar refractivity (Wildman–Crippen MR) is 162 cm³/mol. The van der Waals surface area contributed by atoms with Crippen molar-refractivity contribution in [3.05, 3.63) is 131 Å². The van der Waals surface area contributed by atoms with Crippen LogP contribution in [0.5, 0.6) is 0 Å². The Morgan fingerprint density at radius 1 is 0.541 bits per heavy atom. The van der Waals surface area contributed by atoms with Crippen molar-refractivity contribution < 1.29 is 0 Å². The lowest BCUT2D eigenvalue weighted by atomic mass is 9.87. The van der Waals surface area contributed by atoms with Crippen molar-refractivity contribution in [2.24, 2.45) is 0 Å². The number of nitrogens with zero attached hydrogens (tertiary/aromatic N) is 2. The third-order valence-electron chi connectivity index (χ3n) is 7.02. The highest BCUT2D eigenvalue weighted by Crippen LogP contribution is 2.38. The zero-order valence-electron chi connectivity index (χ0n) is 21.3. The first-order valence-electron chi connectivity index (χ1n) is 12.6. The Kier molecular flexibility index (Phi) is 5.89. The molecule has 0 atom stereocenters. The van der Waals surface area contributed by atoms with Crippen LogP contribution in [0.15, 0.2) is 126 Å². The number of rotatable bonds is 4. The van der Waals surface area contributed by atoms with Crippen molar-refractivity contribution in [3.63, 3.8) is 0 Å². The van der Waals surface area contributed by atoms with Crippen molar-refractivity contribution in [3.8, 4) is 5.69 Å². The molecule has 0 aliphatic rings. The highest BCUT2D eigenvalue weighted by molar-refractivity contribution is 9.10. The van der Waals surface area contributed by atoms with E-state index in [2.05, 4.69) is 167 Å². The van der Waals surface area contributed by atoms with Gasteiger partial charge >= 0.3 is 0 Å². The van der Waals surface area contributed by atoms with Crippen LogP contribution in [0, 0.1) is 0 Å². The molecular weight excluding hydrogens is 516 g/mol. The monoisotopic (exact) mass is 544 g/mol. The number of para-hydroxylation sites is 2. The molecule has 6 aromatic rings. The quantitative estimate of drug-likeness (QED) is 0.214. The van der Waals surface area contributed by atoms with Crippen LogP contribution in [0.4, 0.5) is 17.1 Å². The standard InChI is InChI=1S/C34H29BrN2/c1-34(2,3)24-12-16-26(17-13-24)36(27-18-14-25(35)15-19-27)28-20-22-29(23-21-28)37-32-10-6-4-8-30(32)31-9-5-7-11-33(31)37/h4-23H,1-3H3. The summed E-state index contributed by atoms with van der Waals surface area (Å²) in [6.07, 6.45) is 0. The fourth-order valence-corrected chi connectivity index (χ4v) is 5.36. The van der Waals surface area contributed by atoms with E-state index in [9.17, 15) is 0 Å². The molecule has 0 amide bonds. The Bertz CT molecular complexity index is 1630. The van der Waals surface area contributed by atoms with Gasteiger partial charge in [0.1, 0.15) is 0 Å². The summed E-state index contributed by atoms with van der Waals surface area (Å²) in [7, 11) is 0. The van der Waals surface area contributed by atoms with E-state index >= 15 is 0 Å². The molecule has 0 spiro atoms. The lowest BCUT2D eigenvalue weighted by Gasteiger charge is -2.27. The first kappa shape index (κ1) is 23.6. The normalized spacial score (nSPS) is 11.8. The summed E-state index contributed by atoms with van der Waals surface area (Å²) in [5.74, 6) is 0.